The quantitative estimate of drug-likeness (QED) is 0.587. The van der Waals surface area contributed by atoms with E-state index in [0.717, 1.165) is 5.56 Å². The van der Waals surface area contributed by atoms with Crippen molar-refractivity contribution in [3.05, 3.63) is 35.4 Å². The molecule has 0 aromatic heterocycles. The molecule has 2 nitrogen and oxygen atoms in total. The predicted molar refractivity (Wildman–Crippen MR) is 44.4 cm³/mol. The van der Waals surface area contributed by atoms with Gasteiger partial charge in [-0.1, -0.05) is 29.8 Å². The molecular weight excluding hydrogens is 150 g/mol. The zero-order chi connectivity index (χ0) is 8.55. The van der Waals surface area contributed by atoms with Crippen molar-refractivity contribution in [1.82, 2.24) is 0 Å². The summed E-state index contributed by atoms with van der Waals surface area (Å²) in [6.45, 7) is 2.03. The van der Waals surface area contributed by atoms with Crippen LogP contribution in [0.25, 0.3) is 0 Å². The Bertz CT molecular complexity index is 340. The van der Waals surface area contributed by atoms with E-state index in [-0.39, 0.29) is 12.2 Å². The number of epoxide rings is 1. The zero-order valence-corrected chi connectivity index (χ0v) is 6.82. The second-order valence-corrected chi connectivity index (χ2v) is 3.02. The van der Waals surface area contributed by atoms with Gasteiger partial charge in [-0.15, -0.1) is 0 Å². The first-order valence-corrected chi connectivity index (χ1v) is 3.93. The van der Waals surface area contributed by atoms with Crippen LogP contribution in [0.5, 0.6) is 0 Å². The number of hydrogen-bond acceptors (Lipinski definition) is 2. The average Bonchev–Trinajstić information content (AvgIpc) is 2.83. The number of ether oxygens (including phenoxy) is 1. The summed E-state index contributed by atoms with van der Waals surface area (Å²) in [4.78, 5) is 0. The lowest BCUT2D eigenvalue weighted by Crippen LogP contribution is -1.85. The van der Waals surface area contributed by atoms with E-state index in [1.54, 1.807) is 0 Å². The number of hydrogen-bond donors (Lipinski definition) is 0. The summed E-state index contributed by atoms with van der Waals surface area (Å²) in [5, 5.41) is 8.53. The van der Waals surface area contributed by atoms with Crippen LogP contribution in [0.4, 0.5) is 0 Å². The molecule has 0 amide bonds. The van der Waals surface area contributed by atoms with Crippen molar-refractivity contribution in [2.45, 2.75) is 19.1 Å². The highest BCUT2D eigenvalue weighted by Crippen LogP contribution is 2.38. The molecule has 1 fully saturated rings. The molecule has 0 radical (unpaired) electrons. The molecule has 0 N–H and O–H groups in total. The molecule has 12 heavy (non-hydrogen) atoms. The minimum absolute atomic E-state index is 0.0231. The summed E-state index contributed by atoms with van der Waals surface area (Å²) in [5.74, 6) is 0. The van der Waals surface area contributed by atoms with Gasteiger partial charge in [0, 0.05) is 0 Å². The van der Waals surface area contributed by atoms with Crippen molar-refractivity contribution in [3.8, 4) is 6.07 Å². The van der Waals surface area contributed by atoms with Gasteiger partial charge in [-0.3, -0.25) is 0 Å². The van der Waals surface area contributed by atoms with Crippen LogP contribution in [0, 0.1) is 18.3 Å². The van der Waals surface area contributed by atoms with Crippen molar-refractivity contribution in [2.75, 3.05) is 0 Å². The van der Waals surface area contributed by atoms with Gasteiger partial charge in [0.1, 0.15) is 6.10 Å². The van der Waals surface area contributed by atoms with Crippen LogP contribution in [0.2, 0.25) is 0 Å². The van der Waals surface area contributed by atoms with Crippen LogP contribution in [-0.4, -0.2) is 6.10 Å². The fraction of sp³-hybridized carbons (Fsp3) is 0.300. The maximum Gasteiger partial charge on any atom is 0.175 e. The highest BCUT2D eigenvalue weighted by atomic mass is 16.6. The molecule has 0 unspecified atom stereocenters. The monoisotopic (exact) mass is 159 g/mol. The van der Waals surface area contributed by atoms with Crippen molar-refractivity contribution < 1.29 is 4.74 Å². The molecule has 1 aromatic carbocycles. The van der Waals surface area contributed by atoms with Gasteiger partial charge in [-0.2, -0.15) is 5.26 Å². The minimum atomic E-state index is -0.216. The largest absolute Gasteiger partial charge is 0.348 e. The fourth-order valence-electron chi connectivity index (χ4n) is 1.31. The number of benzene rings is 1. The Morgan fingerprint density at radius 3 is 2.92 bits per heavy atom. The summed E-state index contributed by atoms with van der Waals surface area (Å²) in [6.07, 6.45) is -0.193. The second-order valence-electron chi connectivity index (χ2n) is 3.02. The molecule has 0 bridgehead atoms. The summed E-state index contributed by atoms with van der Waals surface area (Å²) < 4.78 is 5.15. The van der Waals surface area contributed by atoms with Crippen molar-refractivity contribution >= 4 is 0 Å². The standard InChI is InChI=1S/C10H9NO/c1-7-3-2-4-8(5-7)10-9(6-11)12-10/h2-5,9-10H,1H3/t9-,10-/m0/s1. The maximum absolute atomic E-state index is 8.53. The van der Waals surface area contributed by atoms with E-state index in [9.17, 15) is 0 Å². The molecule has 1 aromatic rings. The third-order valence-electron chi connectivity index (χ3n) is 1.99. The number of aryl methyl sites for hydroxylation is 1. The topological polar surface area (TPSA) is 36.3 Å². The predicted octanol–water partition coefficient (Wildman–Crippen LogP) is 1.96. The van der Waals surface area contributed by atoms with Crippen LogP contribution >= 0.6 is 0 Å². The lowest BCUT2D eigenvalue weighted by Gasteiger charge is -1.95. The first kappa shape index (κ1) is 7.33. The Kier molecular flexibility index (Phi) is 1.60. The van der Waals surface area contributed by atoms with Gasteiger partial charge in [0.25, 0.3) is 0 Å². The highest BCUT2D eigenvalue weighted by Gasteiger charge is 2.40. The Balaban J connectivity index is 2.21. The van der Waals surface area contributed by atoms with Crippen molar-refractivity contribution in [2.24, 2.45) is 0 Å². The van der Waals surface area contributed by atoms with Crippen LogP contribution in [0.15, 0.2) is 24.3 Å². The Morgan fingerprint density at radius 2 is 2.33 bits per heavy atom. The molecule has 1 aliphatic rings. The molecule has 2 rings (SSSR count). The van der Waals surface area contributed by atoms with E-state index in [2.05, 4.69) is 12.1 Å². The van der Waals surface area contributed by atoms with Crippen molar-refractivity contribution in [1.29, 1.82) is 5.26 Å². The summed E-state index contributed by atoms with van der Waals surface area (Å²) in [7, 11) is 0. The van der Waals surface area contributed by atoms with E-state index >= 15 is 0 Å². The fourth-order valence-corrected chi connectivity index (χ4v) is 1.31. The molecular formula is C10H9NO. The molecule has 2 heteroatoms. The molecule has 1 heterocycles. The zero-order valence-electron chi connectivity index (χ0n) is 6.82. The molecule has 60 valence electrons. The van der Waals surface area contributed by atoms with E-state index < -0.39 is 0 Å². The van der Waals surface area contributed by atoms with E-state index in [1.807, 2.05) is 25.1 Å². The summed E-state index contributed by atoms with van der Waals surface area (Å²) in [6, 6.07) is 10.2. The summed E-state index contributed by atoms with van der Waals surface area (Å²) in [5.41, 5.74) is 2.32. The highest BCUT2D eigenvalue weighted by molar-refractivity contribution is 5.29. The average molecular weight is 159 g/mol. The lowest BCUT2D eigenvalue weighted by atomic mass is 10.1. The van der Waals surface area contributed by atoms with Gasteiger partial charge in [-0.05, 0) is 12.5 Å². The van der Waals surface area contributed by atoms with Gasteiger partial charge in [-0.25, -0.2) is 0 Å². The van der Waals surface area contributed by atoms with Gasteiger partial charge < -0.3 is 4.74 Å². The van der Waals surface area contributed by atoms with Crippen LogP contribution < -0.4 is 0 Å². The van der Waals surface area contributed by atoms with Gasteiger partial charge in [0.2, 0.25) is 0 Å². The molecule has 0 spiro atoms. The van der Waals surface area contributed by atoms with Crippen LogP contribution in [0.3, 0.4) is 0 Å². The van der Waals surface area contributed by atoms with Crippen molar-refractivity contribution in [3.63, 3.8) is 0 Å². The van der Waals surface area contributed by atoms with Gasteiger partial charge in [0.15, 0.2) is 6.10 Å². The van der Waals surface area contributed by atoms with Crippen LogP contribution in [-0.2, 0) is 4.74 Å². The number of nitrogens with zero attached hydrogens (tertiary/aromatic N) is 1. The third-order valence-corrected chi connectivity index (χ3v) is 1.99. The SMILES string of the molecule is Cc1cccc([C@@H]2O[C@H]2C#N)c1. The first-order chi connectivity index (χ1) is 5.81. The van der Waals surface area contributed by atoms with E-state index in [4.69, 9.17) is 10.00 Å². The van der Waals surface area contributed by atoms with E-state index in [0.29, 0.717) is 0 Å². The lowest BCUT2D eigenvalue weighted by molar-refractivity contribution is 0.396. The normalized spacial score (nSPS) is 26.3. The third kappa shape index (κ3) is 1.19. The molecule has 0 saturated carbocycles. The Hall–Kier alpha value is -1.33. The maximum atomic E-state index is 8.53. The van der Waals surface area contributed by atoms with Gasteiger partial charge >= 0.3 is 0 Å². The van der Waals surface area contributed by atoms with Crippen LogP contribution in [0.1, 0.15) is 17.2 Å². The molecule has 1 saturated heterocycles. The first-order valence-electron chi connectivity index (χ1n) is 3.93. The molecule has 2 atom stereocenters. The molecule has 0 aliphatic carbocycles. The molecule has 1 aliphatic heterocycles. The number of rotatable bonds is 1. The summed E-state index contributed by atoms with van der Waals surface area (Å²) >= 11 is 0. The smallest absolute Gasteiger partial charge is 0.175 e. The number of nitriles is 1. The second kappa shape index (κ2) is 2.62. The minimum Gasteiger partial charge on any atom is -0.348 e. The van der Waals surface area contributed by atoms with Gasteiger partial charge in [0.05, 0.1) is 6.07 Å². The Morgan fingerprint density at radius 1 is 1.50 bits per heavy atom. The Labute approximate surface area is 71.4 Å². The van der Waals surface area contributed by atoms with E-state index in [1.165, 1.54) is 5.56 Å².